The summed E-state index contributed by atoms with van der Waals surface area (Å²) in [7, 11) is 3.61. The van der Waals surface area contributed by atoms with E-state index in [0.717, 1.165) is 18.6 Å². The van der Waals surface area contributed by atoms with Gasteiger partial charge in [0.25, 0.3) is 0 Å². The first-order valence-corrected chi connectivity index (χ1v) is 5.03. The van der Waals surface area contributed by atoms with Crippen LogP contribution in [0.15, 0.2) is 24.3 Å². The summed E-state index contributed by atoms with van der Waals surface area (Å²) in [6.45, 7) is 0. The quantitative estimate of drug-likeness (QED) is 0.737. The number of methoxy groups -OCH3 is 1. The average Bonchev–Trinajstić information content (AvgIpc) is 2.29. The van der Waals surface area contributed by atoms with E-state index in [9.17, 15) is 0 Å². The molecule has 0 bridgehead atoms. The van der Waals surface area contributed by atoms with E-state index in [-0.39, 0.29) is 0 Å². The molecule has 1 aromatic carbocycles. The van der Waals surface area contributed by atoms with Gasteiger partial charge >= 0.3 is 0 Å². The molecule has 0 saturated heterocycles. The van der Waals surface area contributed by atoms with Gasteiger partial charge in [-0.2, -0.15) is 0 Å². The lowest BCUT2D eigenvalue weighted by atomic mass is 10.0. The summed E-state index contributed by atoms with van der Waals surface area (Å²) in [4.78, 5) is 0. The van der Waals surface area contributed by atoms with Crippen LogP contribution in [0.2, 0.25) is 0 Å². The zero-order valence-corrected chi connectivity index (χ0v) is 9.29. The Kier molecular flexibility index (Phi) is 4.73. The van der Waals surface area contributed by atoms with Crippen LogP contribution in [0.5, 0.6) is 5.75 Å². The monoisotopic (exact) mass is 203 g/mol. The van der Waals surface area contributed by atoms with Crippen molar-refractivity contribution in [3.05, 3.63) is 29.8 Å². The van der Waals surface area contributed by atoms with Gasteiger partial charge in [-0.1, -0.05) is 12.1 Å². The van der Waals surface area contributed by atoms with Crippen LogP contribution in [0.1, 0.15) is 12.0 Å². The minimum absolute atomic E-state index is 0.335. The van der Waals surface area contributed by atoms with Gasteiger partial charge in [-0.15, -0.1) is 12.3 Å². The molecule has 15 heavy (non-hydrogen) atoms. The van der Waals surface area contributed by atoms with Gasteiger partial charge in [0.2, 0.25) is 0 Å². The number of benzene rings is 1. The van der Waals surface area contributed by atoms with Crippen LogP contribution in [0.3, 0.4) is 0 Å². The number of ether oxygens (including phenoxy) is 1. The lowest BCUT2D eigenvalue weighted by Crippen LogP contribution is -2.26. The van der Waals surface area contributed by atoms with Gasteiger partial charge in [-0.3, -0.25) is 0 Å². The molecule has 0 aromatic heterocycles. The Labute approximate surface area is 91.6 Å². The molecule has 1 rings (SSSR count). The highest BCUT2D eigenvalue weighted by molar-refractivity contribution is 5.29. The van der Waals surface area contributed by atoms with Gasteiger partial charge in [0, 0.05) is 12.5 Å². The standard InChI is InChI=1S/C13H17NO/c1-4-6-12(14-2)9-11-7-5-8-13(10-11)15-3/h1,5,7-8,10,12,14H,6,9H2,2-3H3. The molecule has 0 aliphatic rings. The van der Waals surface area contributed by atoms with Gasteiger partial charge in [-0.25, -0.2) is 0 Å². The fraction of sp³-hybridized carbons (Fsp3) is 0.385. The van der Waals surface area contributed by atoms with Crippen LogP contribution in [0, 0.1) is 12.3 Å². The summed E-state index contributed by atoms with van der Waals surface area (Å²) >= 11 is 0. The van der Waals surface area contributed by atoms with Crippen molar-refractivity contribution < 1.29 is 4.74 Å². The van der Waals surface area contributed by atoms with Gasteiger partial charge in [0.05, 0.1) is 7.11 Å². The van der Waals surface area contributed by atoms with Gasteiger partial charge in [0.1, 0.15) is 5.75 Å². The second-order valence-corrected chi connectivity index (χ2v) is 3.45. The van der Waals surface area contributed by atoms with Crippen LogP contribution < -0.4 is 10.1 Å². The predicted octanol–water partition coefficient (Wildman–Crippen LogP) is 1.85. The van der Waals surface area contributed by atoms with E-state index in [0.29, 0.717) is 6.04 Å². The van der Waals surface area contributed by atoms with Crippen molar-refractivity contribution >= 4 is 0 Å². The highest BCUT2D eigenvalue weighted by atomic mass is 16.5. The zero-order chi connectivity index (χ0) is 11.1. The van der Waals surface area contributed by atoms with Crippen LogP contribution in [0.25, 0.3) is 0 Å². The number of terminal acetylenes is 1. The molecule has 2 heteroatoms. The Balaban J connectivity index is 2.66. The zero-order valence-electron chi connectivity index (χ0n) is 9.29. The highest BCUT2D eigenvalue weighted by Gasteiger charge is 2.05. The molecule has 1 unspecified atom stereocenters. The molecule has 0 radical (unpaired) electrons. The Morgan fingerprint density at radius 3 is 2.93 bits per heavy atom. The summed E-state index contributed by atoms with van der Waals surface area (Å²) in [5.41, 5.74) is 1.24. The number of likely N-dealkylation sites (N-methyl/N-ethyl adjacent to an activating group) is 1. The van der Waals surface area contributed by atoms with Gasteiger partial charge < -0.3 is 10.1 Å². The van der Waals surface area contributed by atoms with Crippen LogP contribution >= 0.6 is 0 Å². The van der Waals surface area contributed by atoms with Crippen molar-refractivity contribution in [2.75, 3.05) is 14.2 Å². The molecule has 0 heterocycles. The first-order chi connectivity index (χ1) is 7.30. The van der Waals surface area contributed by atoms with Crippen molar-refractivity contribution in [2.24, 2.45) is 0 Å². The number of nitrogens with one attached hydrogen (secondary N) is 1. The summed E-state index contributed by atoms with van der Waals surface area (Å²) in [5.74, 6) is 3.57. The minimum Gasteiger partial charge on any atom is -0.497 e. The normalized spacial score (nSPS) is 11.8. The van der Waals surface area contributed by atoms with Crippen molar-refractivity contribution in [2.45, 2.75) is 18.9 Å². The summed E-state index contributed by atoms with van der Waals surface area (Å²) in [6, 6.07) is 8.40. The fourth-order valence-corrected chi connectivity index (χ4v) is 1.50. The van der Waals surface area contributed by atoms with E-state index >= 15 is 0 Å². The molecule has 1 N–H and O–H groups in total. The Morgan fingerprint density at radius 1 is 1.53 bits per heavy atom. The Bertz CT molecular complexity index is 341. The molecule has 80 valence electrons. The van der Waals surface area contributed by atoms with Crippen LogP contribution in [-0.4, -0.2) is 20.2 Å². The molecular weight excluding hydrogens is 186 g/mol. The lowest BCUT2D eigenvalue weighted by Gasteiger charge is -2.13. The molecule has 1 atom stereocenters. The lowest BCUT2D eigenvalue weighted by molar-refractivity contribution is 0.414. The smallest absolute Gasteiger partial charge is 0.119 e. The first kappa shape index (κ1) is 11.6. The largest absolute Gasteiger partial charge is 0.497 e. The van der Waals surface area contributed by atoms with E-state index < -0.39 is 0 Å². The van der Waals surface area contributed by atoms with E-state index in [1.54, 1.807) is 7.11 Å². The van der Waals surface area contributed by atoms with E-state index in [1.807, 2.05) is 25.2 Å². The third-order valence-electron chi connectivity index (χ3n) is 2.39. The Hall–Kier alpha value is -1.46. The minimum atomic E-state index is 0.335. The van der Waals surface area contributed by atoms with Gasteiger partial charge in [0.15, 0.2) is 0 Å². The molecular formula is C13H17NO. The Morgan fingerprint density at radius 2 is 2.33 bits per heavy atom. The van der Waals surface area contributed by atoms with Crippen LogP contribution in [-0.2, 0) is 6.42 Å². The topological polar surface area (TPSA) is 21.3 Å². The third kappa shape index (κ3) is 3.65. The second-order valence-electron chi connectivity index (χ2n) is 3.45. The van der Waals surface area contributed by atoms with Gasteiger partial charge in [-0.05, 0) is 31.2 Å². The van der Waals surface area contributed by atoms with Crippen molar-refractivity contribution in [3.63, 3.8) is 0 Å². The highest BCUT2D eigenvalue weighted by Crippen LogP contribution is 2.14. The third-order valence-corrected chi connectivity index (χ3v) is 2.39. The van der Waals surface area contributed by atoms with Crippen LogP contribution in [0.4, 0.5) is 0 Å². The molecule has 0 amide bonds. The van der Waals surface area contributed by atoms with Crippen molar-refractivity contribution in [1.82, 2.24) is 5.32 Å². The molecule has 0 spiro atoms. The van der Waals surface area contributed by atoms with E-state index in [1.165, 1.54) is 5.56 Å². The summed E-state index contributed by atoms with van der Waals surface area (Å²) < 4.78 is 5.17. The molecule has 0 fully saturated rings. The average molecular weight is 203 g/mol. The first-order valence-electron chi connectivity index (χ1n) is 5.03. The summed E-state index contributed by atoms with van der Waals surface area (Å²) in [6.07, 6.45) is 6.97. The van der Waals surface area contributed by atoms with Crippen molar-refractivity contribution in [3.8, 4) is 18.1 Å². The molecule has 0 aliphatic carbocycles. The van der Waals surface area contributed by atoms with E-state index in [4.69, 9.17) is 11.2 Å². The fourth-order valence-electron chi connectivity index (χ4n) is 1.50. The summed E-state index contributed by atoms with van der Waals surface area (Å²) in [5, 5.41) is 3.21. The SMILES string of the molecule is C#CCC(Cc1cccc(OC)c1)NC. The number of hydrogen-bond donors (Lipinski definition) is 1. The number of hydrogen-bond acceptors (Lipinski definition) is 2. The predicted molar refractivity (Wildman–Crippen MR) is 63.0 cm³/mol. The molecule has 0 aliphatic heterocycles. The number of rotatable bonds is 5. The van der Waals surface area contributed by atoms with Crippen molar-refractivity contribution in [1.29, 1.82) is 0 Å². The second kappa shape index (κ2) is 6.10. The molecule has 0 saturated carbocycles. The molecule has 2 nitrogen and oxygen atoms in total. The maximum absolute atomic E-state index is 5.30. The maximum Gasteiger partial charge on any atom is 0.119 e. The van der Waals surface area contributed by atoms with E-state index in [2.05, 4.69) is 17.3 Å². The maximum atomic E-state index is 5.30. The molecule has 1 aromatic rings.